The fourth-order valence-electron chi connectivity index (χ4n) is 0.580. The third-order valence-corrected chi connectivity index (χ3v) is 1.54. The van der Waals surface area contributed by atoms with Gasteiger partial charge in [-0.3, -0.25) is 9.59 Å². The van der Waals surface area contributed by atoms with Crippen molar-refractivity contribution < 1.29 is 27.5 Å². The number of hydrogen-bond donors (Lipinski definition) is 0. The zero-order chi connectivity index (χ0) is 10.6. The van der Waals surface area contributed by atoms with Crippen LogP contribution < -0.4 is 0 Å². The molecule has 13 heavy (non-hydrogen) atoms. The lowest BCUT2D eigenvalue weighted by atomic mass is 10.1. The van der Waals surface area contributed by atoms with Gasteiger partial charge < -0.3 is 4.74 Å². The molecule has 3 nitrogen and oxygen atoms in total. The molecule has 0 heterocycles. The lowest BCUT2D eigenvalue weighted by Crippen LogP contribution is -2.37. The molecule has 0 rings (SSSR count). The van der Waals surface area contributed by atoms with Crippen molar-refractivity contribution in [3.63, 3.8) is 0 Å². The summed E-state index contributed by atoms with van der Waals surface area (Å²) in [4.78, 5) is 21.1. The van der Waals surface area contributed by atoms with E-state index in [9.17, 15) is 22.8 Å². The first-order chi connectivity index (χ1) is 5.84. The molecule has 1 atom stereocenters. The number of Topliss-reactive ketones (excluding diaryl/α,β-unsaturated/α-hetero) is 1. The quantitative estimate of drug-likeness (QED) is 0.405. The van der Waals surface area contributed by atoms with Gasteiger partial charge in [0.15, 0.2) is 0 Å². The number of methoxy groups -OCH3 is 1. The van der Waals surface area contributed by atoms with Gasteiger partial charge in [0.05, 0.1) is 7.11 Å². The van der Waals surface area contributed by atoms with Crippen molar-refractivity contribution in [3.05, 3.63) is 0 Å². The van der Waals surface area contributed by atoms with E-state index in [1.54, 1.807) is 0 Å². The summed E-state index contributed by atoms with van der Waals surface area (Å²) in [5, 5.41) is 0. The third kappa shape index (κ3) is 3.22. The molecule has 0 spiro atoms. The first kappa shape index (κ1) is 12.2. The van der Waals surface area contributed by atoms with Crippen molar-refractivity contribution in [2.24, 2.45) is 5.92 Å². The molecule has 76 valence electrons. The average Bonchev–Trinajstić information content (AvgIpc) is 2.03. The molecule has 0 fully saturated rings. The summed E-state index contributed by atoms with van der Waals surface area (Å²) in [5.74, 6) is -6.18. The van der Waals surface area contributed by atoms with E-state index in [2.05, 4.69) is 4.74 Å². The smallest absolute Gasteiger partial charge is 0.450 e. The molecular formula is C6H6ClF3O3. The Balaban J connectivity index is 4.60. The van der Waals surface area contributed by atoms with Crippen molar-refractivity contribution in [3.8, 4) is 0 Å². The maximum absolute atomic E-state index is 11.8. The van der Waals surface area contributed by atoms with Gasteiger partial charge in [-0.2, -0.15) is 13.2 Å². The van der Waals surface area contributed by atoms with Crippen LogP contribution in [0.4, 0.5) is 13.2 Å². The van der Waals surface area contributed by atoms with Crippen LogP contribution in [0.15, 0.2) is 0 Å². The molecule has 0 aromatic carbocycles. The van der Waals surface area contributed by atoms with Crippen molar-refractivity contribution in [2.75, 3.05) is 13.0 Å². The Hall–Kier alpha value is -0.780. The number of alkyl halides is 4. The monoisotopic (exact) mass is 218 g/mol. The van der Waals surface area contributed by atoms with Gasteiger partial charge in [-0.15, -0.1) is 11.6 Å². The minimum Gasteiger partial charge on any atom is -0.468 e. The lowest BCUT2D eigenvalue weighted by molar-refractivity contribution is -0.179. The van der Waals surface area contributed by atoms with Crippen molar-refractivity contribution >= 4 is 23.4 Å². The molecule has 0 aliphatic carbocycles. The highest BCUT2D eigenvalue weighted by Crippen LogP contribution is 2.22. The van der Waals surface area contributed by atoms with Gasteiger partial charge >= 0.3 is 12.1 Å². The summed E-state index contributed by atoms with van der Waals surface area (Å²) in [6.45, 7) is 0. The second kappa shape index (κ2) is 4.45. The molecule has 0 aliphatic heterocycles. The molecule has 0 aromatic rings. The third-order valence-electron chi connectivity index (χ3n) is 1.24. The van der Waals surface area contributed by atoms with Crippen LogP contribution in [0.25, 0.3) is 0 Å². The van der Waals surface area contributed by atoms with Crippen molar-refractivity contribution in [1.82, 2.24) is 0 Å². The van der Waals surface area contributed by atoms with Crippen LogP contribution in [-0.4, -0.2) is 30.9 Å². The van der Waals surface area contributed by atoms with Gasteiger partial charge in [0.1, 0.15) is 5.92 Å². The standard InChI is InChI=1S/C6H6ClF3O3/c1-13-5(12)3(2-7)4(11)6(8,9)10/h3H,2H2,1H3. The van der Waals surface area contributed by atoms with Crippen LogP contribution in [0.3, 0.4) is 0 Å². The van der Waals surface area contributed by atoms with E-state index in [4.69, 9.17) is 11.6 Å². The molecule has 0 N–H and O–H groups in total. The summed E-state index contributed by atoms with van der Waals surface area (Å²) in [7, 11) is 0.880. The van der Waals surface area contributed by atoms with E-state index < -0.39 is 29.7 Å². The molecule has 7 heteroatoms. The van der Waals surface area contributed by atoms with Gasteiger partial charge in [-0.05, 0) is 0 Å². The molecule has 0 saturated heterocycles. The van der Waals surface area contributed by atoms with E-state index >= 15 is 0 Å². The predicted octanol–water partition coefficient (Wildman–Crippen LogP) is 1.15. The summed E-state index contributed by atoms with van der Waals surface area (Å²) < 4.78 is 39.3. The number of ketones is 1. The number of hydrogen-bond acceptors (Lipinski definition) is 3. The second-order valence-electron chi connectivity index (χ2n) is 2.09. The largest absolute Gasteiger partial charge is 0.468 e. The highest BCUT2D eigenvalue weighted by molar-refractivity contribution is 6.22. The molecule has 0 radical (unpaired) electrons. The van der Waals surface area contributed by atoms with Gasteiger partial charge in [0, 0.05) is 5.88 Å². The molecule has 0 aromatic heterocycles. The summed E-state index contributed by atoms with van der Waals surface area (Å²) in [6.07, 6.45) is -5.06. The maximum atomic E-state index is 11.8. The highest BCUT2D eigenvalue weighted by Gasteiger charge is 2.46. The number of halogens is 4. The van der Waals surface area contributed by atoms with Crippen LogP contribution >= 0.6 is 11.6 Å². The van der Waals surface area contributed by atoms with E-state index in [-0.39, 0.29) is 0 Å². The SMILES string of the molecule is COC(=O)C(CCl)C(=O)C(F)(F)F. The fourth-order valence-corrected chi connectivity index (χ4v) is 0.846. The Morgan fingerprint density at radius 1 is 1.46 bits per heavy atom. The minimum atomic E-state index is -5.06. The van der Waals surface area contributed by atoms with Crippen LogP contribution in [0.2, 0.25) is 0 Å². The van der Waals surface area contributed by atoms with Gasteiger partial charge in [-0.25, -0.2) is 0 Å². The zero-order valence-electron chi connectivity index (χ0n) is 6.52. The summed E-state index contributed by atoms with van der Waals surface area (Å²) in [5.41, 5.74) is 0. The molecule has 0 saturated carbocycles. The lowest BCUT2D eigenvalue weighted by Gasteiger charge is -2.11. The molecule has 1 unspecified atom stereocenters. The van der Waals surface area contributed by atoms with Gasteiger partial charge in [-0.1, -0.05) is 0 Å². The molecule has 0 bridgehead atoms. The van der Waals surface area contributed by atoms with Crippen molar-refractivity contribution in [2.45, 2.75) is 6.18 Å². The molecular weight excluding hydrogens is 213 g/mol. The van der Waals surface area contributed by atoms with E-state index in [0.29, 0.717) is 0 Å². The number of carbonyl (C=O) groups excluding carboxylic acids is 2. The topological polar surface area (TPSA) is 43.4 Å². The minimum absolute atomic E-state index is 0.745. The first-order valence-electron chi connectivity index (χ1n) is 3.09. The molecule has 0 aliphatic rings. The van der Waals surface area contributed by atoms with E-state index in [1.165, 1.54) is 0 Å². The van der Waals surface area contributed by atoms with Crippen LogP contribution in [0, 0.1) is 5.92 Å². The normalized spacial score (nSPS) is 13.6. The van der Waals surface area contributed by atoms with Gasteiger partial charge in [0.25, 0.3) is 5.78 Å². The number of ether oxygens (including phenoxy) is 1. The number of rotatable bonds is 3. The van der Waals surface area contributed by atoms with Crippen LogP contribution in [-0.2, 0) is 14.3 Å². The second-order valence-corrected chi connectivity index (χ2v) is 2.40. The Labute approximate surface area is 76.8 Å². The van der Waals surface area contributed by atoms with Crippen molar-refractivity contribution in [1.29, 1.82) is 0 Å². The zero-order valence-corrected chi connectivity index (χ0v) is 7.28. The van der Waals surface area contributed by atoms with E-state index in [1.807, 2.05) is 0 Å². The predicted molar refractivity (Wildman–Crippen MR) is 37.3 cm³/mol. The Kier molecular flexibility index (Phi) is 4.19. The fraction of sp³-hybridized carbons (Fsp3) is 0.667. The maximum Gasteiger partial charge on any atom is 0.450 e. The van der Waals surface area contributed by atoms with Crippen LogP contribution in [0.1, 0.15) is 0 Å². The van der Waals surface area contributed by atoms with E-state index in [0.717, 1.165) is 7.11 Å². The Morgan fingerprint density at radius 2 is 1.92 bits per heavy atom. The Morgan fingerprint density at radius 3 is 2.15 bits per heavy atom. The number of esters is 1. The summed E-state index contributed by atoms with van der Waals surface area (Å²) in [6, 6.07) is 0. The Bertz CT molecular complexity index is 214. The summed E-state index contributed by atoms with van der Waals surface area (Å²) >= 11 is 5.02. The average molecular weight is 219 g/mol. The molecule has 0 amide bonds. The number of carbonyl (C=O) groups is 2. The highest BCUT2D eigenvalue weighted by atomic mass is 35.5. The first-order valence-corrected chi connectivity index (χ1v) is 3.62. The van der Waals surface area contributed by atoms with Crippen LogP contribution in [0.5, 0.6) is 0 Å². The van der Waals surface area contributed by atoms with Gasteiger partial charge in [0.2, 0.25) is 0 Å².